The quantitative estimate of drug-likeness (QED) is 0.867. The maximum atomic E-state index is 10.3. The number of fused-ring (bicyclic) bond motifs is 1. The van der Waals surface area contributed by atoms with E-state index in [1.807, 2.05) is 22.9 Å². The van der Waals surface area contributed by atoms with Crippen molar-refractivity contribution in [2.24, 2.45) is 0 Å². The summed E-state index contributed by atoms with van der Waals surface area (Å²) >= 11 is 0. The van der Waals surface area contributed by atoms with Crippen molar-refractivity contribution in [1.82, 2.24) is 4.57 Å². The molecule has 1 saturated heterocycles. The number of nitrogens with zero attached hydrogens (tertiary/aromatic N) is 1. The molecule has 1 aliphatic heterocycles. The highest BCUT2D eigenvalue weighted by molar-refractivity contribution is 6.62. The molecule has 1 aromatic heterocycles. The van der Waals surface area contributed by atoms with Crippen LogP contribution in [0.5, 0.6) is 5.88 Å². The number of rotatable bonds is 2. The van der Waals surface area contributed by atoms with Gasteiger partial charge >= 0.3 is 7.12 Å². The fourth-order valence-corrected chi connectivity index (χ4v) is 3.00. The topological polar surface area (TPSA) is 43.6 Å². The third-order valence-corrected chi connectivity index (χ3v) is 5.30. The molecule has 2 fully saturated rings. The zero-order valence-corrected chi connectivity index (χ0v) is 13.6. The van der Waals surface area contributed by atoms with Crippen LogP contribution in [0.4, 0.5) is 0 Å². The molecule has 1 aliphatic carbocycles. The Balaban J connectivity index is 1.72. The van der Waals surface area contributed by atoms with E-state index < -0.39 is 0 Å². The molecule has 4 rings (SSSR count). The summed E-state index contributed by atoms with van der Waals surface area (Å²) in [6.45, 7) is 8.23. The Morgan fingerprint density at radius 3 is 2.36 bits per heavy atom. The van der Waals surface area contributed by atoms with Crippen LogP contribution in [0.15, 0.2) is 24.4 Å². The maximum Gasteiger partial charge on any atom is 0.494 e. The molecule has 0 atom stereocenters. The Hall–Kier alpha value is -1.46. The Kier molecular flexibility index (Phi) is 2.77. The standard InChI is InChI=1S/C17H22BNO3/c1-16(2)17(3,4)22-18(21-16)12-5-8-14-11(9-12)10-19(15(14)20)13-6-7-13/h5,8-10,13,20H,6-7H2,1-4H3. The van der Waals surface area contributed by atoms with Gasteiger partial charge in [-0.3, -0.25) is 0 Å². The third-order valence-electron chi connectivity index (χ3n) is 5.30. The van der Waals surface area contributed by atoms with E-state index in [2.05, 4.69) is 33.8 Å². The molecular weight excluding hydrogens is 277 g/mol. The fourth-order valence-electron chi connectivity index (χ4n) is 3.00. The van der Waals surface area contributed by atoms with Gasteiger partial charge in [0, 0.05) is 23.0 Å². The average molecular weight is 299 g/mol. The monoisotopic (exact) mass is 299 g/mol. The number of hydrogen-bond acceptors (Lipinski definition) is 3. The highest BCUT2D eigenvalue weighted by atomic mass is 16.7. The van der Waals surface area contributed by atoms with Gasteiger partial charge in [-0.15, -0.1) is 0 Å². The second-order valence-electron chi connectivity index (χ2n) is 7.53. The molecule has 2 aliphatic rings. The number of aromatic nitrogens is 1. The van der Waals surface area contributed by atoms with E-state index in [4.69, 9.17) is 9.31 Å². The fraction of sp³-hybridized carbons (Fsp3) is 0.529. The van der Waals surface area contributed by atoms with Gasteiger partial charge in [0.15, 0.2) is 5.88 Å². The second kappa shape index (κ2) is 4.30. The molecule has 1 N–H and O–H groups in total. The van der Waals surface area contributed by atoms with Gasteiger partial charge < -0.3 is 19.0 Å². The zero-order chi connectivity index (χ0) is 15.7. The summed E-state index contributed by atoms with van der Waals surface area (Å²) in [5.74, 6) is 0.373. The molecule has 0 unspecified atom stereocenters. The molecule has 22 heavy (non-hydrogen) atoms. The summed E-state index contributed by atoms with van der Waals surface area (Å²) in [5, 5.41) is 12.3. The zero-order valence-electron chi connectivity index (χ0n) is 13.6. The van der Waals surface area contributed by atoms with Crippen molar-refractivity contribution in [2.75, 3.05) is 0 Å². The van der Waals surface area contributed by atoms with Crippen LogP contribution < -0.4 is 5.46 Å². The van der Waals surface area contributed by atoms with E-state index in [1.54, 1.807) is 0 Å². The summed E-state index contributed by atoms with van der Waals surface area (Å²) in [7, 11) is -0.360. The highest BCUT2D eigenvalue weighted by Crippen LogP contribution is 2.41. The van der Waals surface area contributed by atoms with E-state index in [0.717, 1.165) is 29.1 Å². The van der Waals surface area contributed by atoms with Gasteiger partial charge in [-0.2, -0.15) is 0 Å². The summed E-state index contributed by atoms with van der Waals surface area (Å²) in [6.07, 6.45) is 4.34. The van der Waals surface area contributed by atoms with Crippen molar-refractivity contribution in [2.45, 2.75) is 57.8 Å². The Labute approximate surface area is 131 Å². The first-order valence-corrected chi connectivity index (χ1v) is 7.98. The van der Waals surface area contributed by atoms with Crippen molar-refractivity contribution in [1.29, 1.82) is 0 Å². The lowest BCUT2D eigenvalue weighted by Crippen LogP contribution is -2.41. The van der Waals surface area contributed by atoms with Gasteiger partial charge in [-0.05, 0) is 52.1 Å². The van der Waals surface area contributed by atoms with Crippen LogP contribution in [0, 0.1) is 0 Å². The van der Waals surface area contributed by atoms with E-state index in [1.165, 1.54) is 0 Å². The highest BCUT2D eigenvalue weighted by Gasteiger charge is 2.51. The lowest BCUT2D eigenvalue weighted by atomic mass is 9.78. The molecule has 0 amide bonds. The predicted molar refractivity (Wildman–Crippen MR) is 87.6 cm³/mol. The van der Waals surface area contributed by atoms with Gasteiger partial charge in [0.05, 0.1) is 11.2 Å². The minimum Gasteiger partial charge on any atom is -0.494 e. The minimum absolute atomic E-state index is 0.339. The first kappa shape index (κ1) is 14.2. The average Bonchev–Trinajstić information content (AvgIpc) is 3.18. The van der Waals surface area contributed by atoms with Crippen LogP contribution in [-0.4, -0.2) is 28.0 Å². The van der Waals surface area contributed by atoms with Crippen LogP contribution in [0.2, 0.25) is 0 Å². The van der Waals surface area contributed by atoms with Crippen molar-refractivity contribution in [3.63, 3.8) is 0 Å². The summed E-state index contributed by atoms with van der Waals surface area (Å²) in [5.41, 5.74) is 0.322. The van der Waals surface area contributed by atoms with Gasteiger partial charge in [0.1, 0.15) is 0 Å². The van der Waals surface area contributed by atoms with Crippen LogP contribution in [0.3, 0.4) is 0 Å². The van der Waals surface area contributed by atoms with Crippen LogP contribution in [-0.2, 0) is 9.31 Å². The molecule has 4 nitrogen and oxygen atoms in total. The molecule has 1 aromatic carbocycles. The number of aromatic hydroxyl groups is 1. The SMILES string of the molecule is CC1(C)OB(c2ccc3c(O)n(C4CC4)cc3c2)OC1(C)C. The lowest BCUT2D eigenvalue weighted by Gasteiger charge is -2.32. The van der Waals surface area contributed by atoms with Crippen molar-refractivity contribution in [3.05, 3.63) is 24.4 Å². The largest absolute Gasteiger partial charge is 0.494 e. The molecule has 0 bridgehead atoms. The minimum atomic E-state index is -0.360. The van der Waals surface area contributed by atoms with Crippen molar-refractivity contribution >= 4 is 23.4 Å². The molecular formula is C17H22BNO3. The maximum absolute atomic E-state index is 10.3. The predicted octanol–water partition coefficient (Wildman–Crippen LogP) is 2.98. The van der Waals surface area contributed by atoms with Gasteiger partial charge in [-0.25, -0.2) is 0 Å². The van der Waals surface area contributed by atoms with Gasteiger partial charge in [-0.1, -0.05) is 12.1 Å². The summed E-state index contributed by atoms with van der Waals surface area (Å²) < 4.78 is 14.2. The van der Waals surface area contributed by atoms with E-state index in [-0.39, 0.29) is 18.3 Å². The van der Waals surface area contributed by atoms with E-state index in [0.29, 0.717) is 11.9 Å². The van der Waals surface area contributed by atoms with Crippen molar-refractivity contribution < 1.29 is 14.4 Å². The summed E-state index contributed by atoms with van der Waals surface area (Å²) in [6, 6.07) is 6.48. The number of hydrogen-bond donors (Lipinski definition) is 1. The van der Waals surface area contributed by atoms with E-state index >= 15 is 0 Å². The Morgan fingerprint density at radius 2 is 1.77 bits per heavy atom. The molecule has 116 valence electrons. The molecule has 2 aromatic rings. The molecule has 0 spiro atoms. The van der Waals surface area contributed by atoms with Gasteiger partial charge in [0.25, 0.3) is 0 Å². The van der Waals surface area contributed by atoms with E-state index in [9.17, 15) is 5.11 Å². The summed E-state index contributed by atoms with van der Waals surface area (Å²) in [4.78, 5) is 0. The van der Waals surface area contributed by atoms with Gasteiger partial charge in [0.2, 0.25) is 0 Å². The van der Waals surface area contributed by atoms with Crippen LogP contribution >= 0.6 is 0 Å². The Bertz CT molecular complexity index is 730. The van der Waals surface area contributed by atoms with Crippen LogP contribution in [0.25, 0.3) is 10.8 Å². The third kappa shape index (κ3) is 1.99. The second-order valence-corrected chi connectivity index (χ2v) is 7.53. The molecule has 1 saturated carbocycles. The molecule has 2 heterocycles. The van der Waals surface area contributed by atoms with Crippen molar-refractivity contribution in [3.8, 4) is 5.88 Å². The normalized spacial score (nSPS) is 23.4. The van der Waals surface area contributed by atoms with Crippen LogP contribution in [0.1, 0.15) is 46.6 Å². The number of benzene rings is 1. The molecule has 0 radical (unpaired) electrons. The lowest BCUT2D eigenvalue weighted by molar-refractivity contribution is 0.00578. The first-order valence-electron chi connectivity index (χ1n) is 7.98. The Morgan fingerprint density at radius 1 is 1.14 bits per heavy atom. The smallest absolute Gasteiger partial charge is 0.494 e. The molecule has 5 heteroatoms. The first-order chi connectivity index (χ1) is 10.3.